The summed E-state index contributed by atoms with van der Waals surface area (Å²) in [4.78, 5) is 35.8. The Morgan fingerprint density at radius 3 is 2.40 bits per heavy atom. The van der Waals surface area contributed by atoms with Gasteiger partial charge in [-0.05, 0) is 32.0 Å². The zero-order valence-corrected chi connectivity index (χ0v) is 17.7. The number of morpholine rings is 1. The van der Waals surface area contributed by atoms with Gasteiger partial charge in [0.05, 0.1) is 37.2 Å². The average Bonchev–Trinajstić information content (AvgIpc) is 3.08. The van der Waals surface area contributed by atoms with Gasteiger partial charge in [0.1, 0.15) is 0 Å². The Morgan fingerprint density at radius 1 is 1.03 bits per heavy atom. The van der Waals surface area contributed by atoms with Gasteiger partial charge in [-0.15, -0.1) is 0 Å². The lowest BCUT2D eigenvalue weighted by molar-refractivity contribution is -0.134. The third kappa shape index (κ3) is 4.24. The summed E-state index contributed by atoms with van der Waals surface area (Å²) in [7, 11) is 0. The molecule has 2 aliphatic rings. The Labute approximate surface area is 177 Å². The SMILES string of the molecule is Cc1cc(C(=O)N2CCN(C(=O)CN3CCOCC3)CC2)c(C)n1-c1cccnc1. The fourth-order valence-corrected chi connectivity index (χ4v) is 4.24. The van der Waals surface area contributed by atoms with Crippen molar-refractivity contribution >= 4 is 11.8 Å². The molecule has 4 rings (SSSR count). The molecule has 2 saturated heterocycles. The van der Waals surface area contributed by atoms with Crippen molar-refractivity contribution in [1.82, 2.24) is 24.3 Å². The third-order valence-corrected chi connectivity index (χ3v) is 5.95. The van der Waals surface area contributed by atoms with Crippen LogP contribution in [0, 0.1) is 13.8 Å². The number of ether oxygens (including phenoxy) is 1. The Morgan fingerprint density at radius 2 is 1.73 bits per heavy atom. The maximum Gasteiger partial charge on any atom is 0.255 e. The summed E-state index contributed by atoms with van der Waals surface area (Å²) in [6.45, 7) is 9.66. The van der Waals surface area contributed by atoms with Crippen molar-refractivity contribution in [3.05, 3.63) is 47.5 Å². The Kier molecular flexibility index (Phi) is 6.15. The minimum atomic E-state index is 0.0264. The van der Waals surface area contributed by atoms with Crippen molar-refractivity contribution in [2.45, 2.75) is 13.8 Å². The average molecular weight is 412 g/mol. The van der Waals surface area contributed by atoms with Crippen LogP contribution in [0.15, 0.2) is 30.6 Å². The van der Waals surface area contributed by atoms with E-state index in [4.69, 9.17) is 4.74 Å². The second kappa shape index (κ2) is 8.97. The highest BCUT2D eigenvalue weighted by atomic mass is 16.5. The normalized spacial score (nSPS) is 17.9. The van der Waals surface area contributed by atoms with Gasteiger partial charge < -0.3 is 19.1 Å². The van der Waals surface area contributed by atoms with Gasteiger partial charge in [-0.2, -0.15) is 0 Å². The molecule has 2 fully saturated rings. The van der Waals surface area contributed by atoms with E-state index in [-0.39, 0.29) is 11.8 Å². The van der Waals surface area contributed by atoms with Gasteiger partial charge in [0.25, 0.3) is 5.91 Å². The van der Waals surface area contributed by atoms with Gasteiger partial charge in [0, 0.05) is 56.9 Å². The van der Waals surface area contributed by atoms with E-state index in [2.05, 4.69) is 14.5 Å². The largest absolute Gasteiger partial charge is 0.379 e. The molecule has 2 aromatic rings. The highest BCUT2D eigenvalue weighted by Crippen LogP contribution is 2.22. The monoisotopic (exact) mass is 411 g/mol. The summed E-state index contributed by atoms with van der Waals surface area (Å²) in [5.41, 5.74) is 3.58. The van der Waals surface area contributed by atoms with Crippen LogP contribution in [0.25, 0.3) is 5.69 Å². The van der Waals surface area contributed by atoms with Crippen LogP contribution in [0.4, 0.5) is 0 Å². The summed E-state index contributed by atoms with van der Waals surface area (Å²) >= 11 is 0. The maximum atomic E-state index is 13.2. The molecule has 0 aliphatic carbocycles. The van der Waals surface area contributed by atoms with Gasteiger partial charge in [0.15, 0.2) is 0 Å². The first-order valence-electron chi connectivity index (χ1n) is 10.5. The molecule has 8 heteroatoms. The lowest BCUT2D eigenvalue weighted by atomic mass is 10.2. The van der Waals surface area contributed by atoms with Crippen LogP contribution in [0.5, 0.6) is 0 Å². The summed E-state index contributed by atoms with van der Waals surface area (Å²) in [5, 5.41) is 0. The quantitative estimate of drug-likeness (QED) is 0.754. The van der Waals surface area contributed by atoms with E-state index < -0.39 is 0 Å². The molecule has 2 aliphatic heterocycles. The van der Waals surface area contributed by atoms with Crippen molar-refractivity contribution in [2.75, 3.05) is 59.0 Å². The van der Waals surface area contributed by atoms with Crippen molar-refractivity contribution in [3.63, 3.8) is 0 Å². The van der Waals surface area contributed by atoms with Crippen LogP contribution < -0.4 is 0 Å². The van der Waals surface area contributed by atoms with Gasteiger partial charge in [0.2, 0.25) is 5.91 Å². The summed E-state index contributed by atoms with van der Waals surface area (Å²) in [6.07, 6.45) is 3.54. The molecular formula is C22H29N5O3. The molecule has 160 valence electrons. The summed E-state index contributed by atoms with van der Waals surface area (Å²) in [5.74, 6) is 0.164. The van der Waals surface area contributed by atoms with E-state index in [0.29, 0.717) is 51.5 Å². The fourth-order valence-electron chi connectivity index (χ4n) is 4.24. The fraction of sp³-hybridized carbons (Fsp3) is 0.500. The highest BCUT2D eigenvalue weighted by molar-refractivity contribution is 5.96. The van der Waals surface area contributed by atoms with Crippen molar-refractivity contribution in [2.24, 2.45) is 0 Å². The standard InChI is InChI=1S/C22H29N5O3/c1-17-14-20(18(2)27(17)19-4-3-5-23-15-19)22(29)26-8-6-25(7-9-26)21(28)16-24-10-12-30-13-11-24/h3-5,14-15H,6-13,16H2,1-2H3. The molecule has 0 saturated carbocycles. The van der Waals surface area contributed by atoms with Crippen LogP contribution in [-0.2, 0) is 9.53 Å². The van der Waals surface area contributed by atoms with Gasteiger partial charge in [-0.3, -0.25) is 19.5 Å². The van der Waals surface area contributed by atoms with Crippen LogP contribution in [0.3, 0.4) is 0 Å². The van der Waals surface area contributed by atoms with Crippen LogP contribution >= 0.6 is 0 Å². The number of hydrogen-bond donors (Lipinski definition) is 0. The first-order chi connectivity index (χ1) is 14.5. The van der Waals surface area contributed by atoms with E-state index in [1.807, 2.05) is 41.8 Å². The number of piperazine rings is 1. The maximum absolute atomic E-state index is 13.2. The molecule has 2 aromatic heterocycles. The van der Waals surface area contributed by atoms with E-state index in [1.54, 1.807) is 12.4 Å². The van der Waals surface area contributed by atoms with Crippen LogP contribution in [-0.4, -0.2) is 95.1 Å². The molecule has 8 nitrogen and oxygen atoms in total. The number of pyridine rings is 1. The molecule has 0 bridgehead atoms. The molecule has 30 heavy (non-hydrogen) atoms. The number of aryl methyl sites for hydroxylation is 1. The number of aromatic nitrogens is 2. The van der Waals surface area contributed by atoms with E-state index in [1.165, 1.54) is 0 Å². The predicted octanol–water partition coefficient (Wildman–Crippen LogP) is 1.11. The molecule has 4 heterocycles. The number of nitrogens with zero attached hydrogens (tertiary/aromatic N) is 5. The lowest BCUT2D eigenvalue weighted by Gasteiger charge is -2.36. The van der Waals surface area contributed by atoms with Gasteiger partial charge in [-0.1, -0.05) is 0 Å². The zero-order chi connectivity index (χ0) is 21.1. The second-order valence-corrected chi connectivity index (χ2v) is 7.89. The van der Waals surface area contributed by atoms with Crippen LogP contribution in [0.2, 0.25) is 0 Å². The zero-order valence-electron chi connectivity index (χ0n) is 17.7. The topological polar surface area (TPSA) is 70.9 Å². The van der Waals surface area contributed by atoms with Crippen molar-refractivity contribution < 1.29 is 14.3 Å². The predicted molar refractivity (Wildman–Crippen MR) is 113 cm³/mol. The van der Waals surface area contributed by atoms with Gasteiger partial charge >= 0.3 is 0 Å². The lowest BCUT2D eigenvalue weighted by Crippen LogP contribution is -2.53. The number of amides is 2. The number of hydrogen-bond acceptors (Lipinski definition) is 5. The third-order valence-electron chi connectivity index (χ3n) is 5.95. The first kappa shape index (κ1) is 20.6. The molecule has 0 spiro atoms. The van der Waals surface area contributed by atoms with Gasteiger partial charge in [-0.25, -0.2) is 0 Å². The molecule has 0 unspecified atom stereocenters. The minimum absolute atomic E-state index is 0.0264. The molecule has 0 radical (unpaired) electrons. The van der Waals surface area contributed by atoms with Crippen LogP contribution in [0.1, 0.15) is 21.7 Å². The molecular weight excluding hydrogens is 382 g/mol. The first-order valence-corrected chi connectivity index (χ1v) is 10.5. The van der Waals surface area contributed by atoms with E-state index >= 15 is 0 Å². The smallest absolute Gasteiger partial charge is 0.255 e. The number of rotatable bonds is 4. The number of carbonyl (C=O) groups excluding carboxylic acids is 2. The minimum Gasteiger partial charge on any atom is -0.379 e. The Bertz CT molecular complexity index is 897. The molecule has 0 atom stereocenters. The summed E-state index contributed by atoms with van der Waals surface area (Å²) < 4.78 is 7.40. The van der Waals surface area contributed by atoms with Crippen molar-refractivity contribution in [1.29, 1.82) is 0 Å². The highest BCUT2D eigenvalue weighted by Gasteiger charge is 2.28. The number of carbonyl (C=O) groups is 2. The van der Waals surface area contributed by atoms with Crippen molar-refractivity contribution in [3.8, 4) is 5.69 Å². The second-order valence-electron chi connectivity index (χ2n) is 7.89. The molecule has 0 N–H and O–H groups in total. The summed E-state index contributed by atoms with van der Waals surface area (Å²) in [6, 6.07) is 5.82. The van der Waals surface area contributed by atoms with E-state index in [0.717, 1.165) is 30.2 Å². The Balaban J connectivity index is 1.38. The molecule has 0 aromatic carbocycles. The Hall–Kier alpha value is -2.71. The van der Waals surface area contributed by atoms with E-state index in [9.17, 15) is 9.59 Å². The molecule has 2 amide bonds.